The highest BCUT2D eigenvalue weighted by atomic mass is 16.5. The van der Waals surface area contributed by atoms with Gasteiger partial charge in [0.15, 0.2) is 5.76 Å². The Morgan fingerprint density at radius 3 is 2.49 bits per heavy atom. The van der Waals surface area contributed by atoms with Crippen LogP contribution >= 0.6 is 0 Å². The lowest BCUT2D eigenvalue weighted by Gasteiger charge is -2.41. The molecule has 37 heavy (non-hydrogen) atoms. The molecule has 2 aliphatic rings. The summed E-state index contributed by atoms with van der Waals surface area (Å²) in [6.07, 6.45) is 2.59. The van der Waals surface area contributed by atoms with Gasteiger partial charge in [-0.2, -0.15) is 5.26 Å². The number of nitrogens with zero attached hydrogens (tertiary/aromatic N) is 2. The van der Waals surface area contributed by atoms with Crippen molar-refractivity contribution in [3.63, 3.8) is 0 Å². The average molecular weight is 507 g/mol. The van der Waals surface area contributed by atoms with Crippen molar-refractivity contribution in [2.45, 2.75) is 70.1 Å². The van der Waals surface area contributed by atoms with Crippen LogP contribution in [0.2, 0.25) is 0 Å². The lowest BCUT2D eigenvalue weighted by Crippen LogP contribution is -2.55. The molecule has 2 amide bonds. The van der Waals surface area contributed by atoms with Gasteiger partial charge >= 0.3 is 5.97 Å². The normalized spacial score (nSPS) is 24.0. The number of esters is 1. The van der Waals surface area contributed by atoms with Crippen LogP contribution in [-0.4, -0.2) is 60.0 Å². The average Bonchev–Trinajstić information content (AvgIpc) is 3.50. The number of methoxy groups -OCH3 is 1. The van der Waals surface area contributed by atoms with E-state index < -0.39 is 17.9 Å². The van der Waals surface area contributed by atoms with Gasteiger partial charge in [0.05, 0.1) is 24.7 Å². The van der Waals surface area contributed by atoms with Crippen LogP contribution in [0.1, 0.15) is 62.6 Å². The molecule has 1 saturated carbocycles. The number of carbonyl (C=O) groups is 3. The van der Waals surface area contributed by atoms with Crippen molar-refractivity contribution < 1.29 is 23.5 Å². The van der Waals surface area contributed by atoms with Gasteiger partial charge in [-0.25, -0.2) is 0 Å². The standard InChI is InChI=1S/C28H34N4O5/c1-28(2,3)31-19-9-10-22(20(15-19)27(35)36-4)32-14-13-21(26(32)34)30-25(33)24-12-11-23(37-24)18-7-5-17(16-29)6-8-18/h5-8,11-12,19-22,31H,9-10,13-15H2,1-4H3,(H,30,33)/t19?,20?,21-,22?/m0/s1. The fraction of sp³-hybridized carbons (Fsp3) is 0.500. The van der Waals surface area contributed by atoms with Gasteiger partial charge in [-0.1, -0.05) is 0 Å². The molecule has 4 atom stereocenters. The Morgan fingerprint density at radius 1 is 1.11 bits per heavy atom. The highest BCUT2D eigenvalue weighted by molar-refractivity contribution is 5.96. The fourth-order valence-electron chi connectivity index (χ4n) is 5.39. The summed E-state index contributed by atoms with van der Waals surface area (Å²) in [6, 6.07) is 11.4. The van der Waals surface area contributed by atoms with Crippen molar-refractivity contribution >= 4 is 17.8 Å². The van der Waals surface area contributed by atoms with Crippen LogP contribution in [0, 0.1) is 17.2 Å². The molecule has 0 bridgehead atoms. The number of amides is 2. The zero-order valence-electron chi connectivity index (χ0n) is 21.7. The van der Waals surface area contributed by atoms with Crippen molar-refractivity contribution in [2.24, 2.45) is 5.92 Å². The zero-order valence-corrected chi connectivity index (χ0v) is 21.7. The molecule has 9 nitrogen and oxygen atoms in total. The second-order valence-electron chi connectivity index (χ2n) is 10.8. The summed E-state index contributed by atoms with van der Waals surface area (Å²) >= 11 is 0. The number of likely N-dealkylation sites (tertiary alicyclic amines) is 1. The number of rotatable bonds is 6. The van der Waals surface area contributed by atoms with Crippen LogP contribution < -0.4 is 10.6 Å². The summed E-state index contributed by atoms with van der Waals surface area (Å²) < 4.78 is 10.8. The van der Waals surface area contributed by atoms with E-state index in [2.05, 4.69) is 37.5 Å². The maximum atomic E-state index is 13.3. The first-order valence-electron chi connectivity index (χ1n) is 12.7. The zero-order chi connectivity index (χ0) is 26.7. The monoisotopic (exact) mass is 506 g/mol. The quantitative estimate of drug-likeness (QED) is 0.576. The molecule has 2 fully saturated rings. The summed E-state index contributed by atoms with van der Waals surface area (Å²) in [5.41, 5.74) is 1.19. The number of hydrogen-bond donors (Lipinski definition) is 2. The SMILES string of the molecule is COC(=O)C1CC(NC(C)(C)C)CCC1N1CC[C@H](NC(=O)c2ccc(-c3ccc(C#N)cc3)o2)C1=O. The number of furan rings is 1. The van der Waals surface area contributed by atoms with E-state index >= 15 is 0 Å². The lowest BCUT2D eigenvalue weighted by molar-refractivity contribution is -0.151. The van der Waals surface area contributed by atoms with E-state index in [0.29, 0.717) is 37.1 Å². The van der Waals surface area contributed by atoms with Crippen LogP contribution in [-0.2, 0) is 14.3 Å². The van der Waals surface area contributed by atoms with Crippen molar-refractivity contribution in [3.05, 3.63) is 47.7 Å². The molecule has 1 aromatic carbocycles. The van der Waals surface area contributed by atoms with Gasteiger partial charge in [0.25, 0.3) is 5.91 Å². The summed E-state index contributed by atoms with van der Waals surface area (Å²) in [5.74, 6) is -0.785. The van der Waals surface area contributed by atoms with Crippen LogP contribution in [0.4, 0.5) is 0 Å². The Labute approximate surface area is 217 Å². The predicted molar refractivity (Wildman–Crippen MR) is 136 cm³/mol. The van der Waals surface area contributed by atoms with Gasteiger partial charge in [0, 0.05) is 29.7 Å². The van der Waals surface area contributed by atoms with Crippen molar-refractivity contribution in [3.8, 4) is 17.4 Å². The molecule has 3 unspecified atom stereocenters. The van der Waals surface area contributed by atoms with E-state index in [9.17, 15) is 14.4 Å². The summed E-state index contributed by atoms with van der Waals surface area (Å²) in [6.45, 7) is 6.75. The first-order valence-corrected chi connectivity index (χ1v) is 12.7. The number of nitrogens with one attached hydrogen (secondary N) is 2. The second kappa shape index (κ2) is 10.8. The maximum absolute atomic E-state index is 13.3. The Hall–Kier alpha value is -3.64. The van der Waals surface area contributed by atoms with Gasteiger partial charge in [0.2, 0.25) is 5.91 Å². The van der Waals surface area contributed by atoms with E-state index in [1.807, 2.05) is 0 Å². The van der Waals surface area contributed by atoms with Gasteiger partial charge in [-0.15, -0.1) is 0 Å². The van der Waals surface area contributed by atoms with Gasteiger partial charge in [-0.3, -0.25) is 14.4 Å². The molecule has 9 heteroatoms. The molecule has 0 spiro atoms. The molecule has 0 radical (unpaired) electrons. The molecule has 4 rings (SSSR count). The predicted octanol–water partition coefficient (Wildman–Crippen LogP) is 3.25. The van der Waals surface area contributed by atoms with Crippen LogP contribution in [0.3, 0.4) is 0 Å². The minimum atomic E-state index is -0.681. The van der Waals surface area contributed by atoms with Crippen molar-refractivity contribution in [1.29, 1.82) is 5.26 Å². The van der Waals surface area contributed by atoms with Gasteiger partial charge in [0.1, 0.15) is 11.8 Å². The number of carbonyl (C=O) groups excluding carboxylic acids is 3. The summed E-state index contributed by atoms with van der Waals surface area (Å²) in [7, 11) is 1.38. The molecule has 1 aliphatic heterocycles. The number of benzene rings is 1. The van der Waals surface area contributed by atoms with Crippen LogP contribution in [0.25, 0.3) is 11.3 Å². The molecule has 2 heterocycles. The number of nitriles is 1. The fourth-order valence-corrected chi connectivity index (χ4v) is 5.39. The van der Waals surface area contributed by atoms with E-state index in [4.69, 9.17) is 14.4 Å². The summed E-state index contributed by atoms with van der Waals surface area (Å²) in [4.78, 5) is 40.6. The molecule has 1 aromatic heterocycles. The van der Waals surface area contributed by atoms with E-state index in [0.717, 1.165) is 12.0 Å². The van der Waals surface area contributed by atoms with Gasteiger partial charge in [-0.05, 0) is 82.9 Å². The highest BCUT2D eigenvalue weighted by Crippen LogP contribution is 2.33. The minimum Gasteiger partial charge on any atom is -0.469 e. The van der Waals surface area contributed by atoms with Crippen LogP contribution in [0.5, 0.6) is 0 Å². The lowest BCUT2D eigenvalue weighted by atomic mass is 9.80. The molecular formula is C28H34N4O5. The maximum Gasteiger partial charge on any atom is 0.310 e. The van der Waals surface area contributed by atoms with Crippen molar-refractivity contribution in [2.75, 3.05) is 13.7 Å². The molecule has 2 N–H and O–H groups in total. The largest absolute Gasteiger partial charge is 0.469 e. The highest BCUT2D eigenvalue weighted by Gasteiger charge is 2.45. The molecule has 2 aromatic rings. The Bertz CT molecular complexity index is 1190. The number of ether oxygens (including phenoxy) is 1. The topological polar surface area (TPSA) is 125 Å². The van der Waals surface area contributed by atoms with E-state index in [1.165, 1.54) is 7.11 Å². The second-order valence-corrected chi connectivity index (χ2v) is 10.8. The third-order valence-corrected chi connectivity index (χ3v) is 7.03. The van der Waals surface area contributed by atoms with Crippen molar-refractivity contribution in [1.82, 2.24) is 15.5 Å². The first kappa shape index (κ1) is 26.4. The number of hydrogen-bond acceptors (Lipinski definition) is 7. The third-order valence-electron chi connectivity index (χ3n) is 7.03. The Morgan fingerprint density at radius 2 is 1.84 bits per heavy atom. The molecule has 1 saturated heterocycles. The van der Waals surface area contributed by atoms with E-state index in [1.54, 1.807) is 41.3 Å². The molecule has 1 aliphatic carbocycles. The molecular weight excluding hydrogens is 472 g/mol. The van der Waals surface area contributed by atoms with E-state index in [-0.39, 0.29) is 35.3 Å². The smallest absolute Gasteiger partial charge is 0.310 e. The van der Waals surface area contributed by atoms with Crippen LogP contribution in [0.15, 0.2) is 40.8 Å². The minimum absolute atomic E-state index is 0.0805. The first-order chi connectivity index (χ1) is 17.6. The molecule has 196 valence electrons. The Kier molecular flexibility index (Phi) is 7.69. The third kappa shape index (κ3) is 6.03. The Balaban J connectivity index is 1.40. The van der Waals surface area contributed by atoms with Gasteiger partial charge < -0.3 is 24.7 Å². The summed E-state index contributed by atoms with van der Waals surface area (Å²) in [5, 5.41) is 15.3.